The van der Waals surface area contributed by atoms with Gasteiger partial charge >= 0.3 is 0 Å². The highest BCUT2D eigenvalue weighted by Crippen LogP contribution is 2.32. The standard InChI is InChI=1S/C16H42O2Si4/c1-17-15(19(3,4)5)21(9,10)13-14-22(11,12)16(18-2)20(6,7)8/h15-16H,13-14H2,1-12H3. The molecule has 0 fully saturated rings. The second-order valence-corrected chi connectivity index (χ2v) is 32.1. The Balaban J connectivity index is 5.10. The molecule has 2 nitrogen and oxygen atoms in total. The summed E-state index contributed by atoms with van der Waals surface area (Å²) in [5, 5.41) is 1.11. The van der Waals surface area contributed by atoms with E-state index < -0.39 is 32.3 Å². The normalized spacial score (nSPS) is 17.5. The molecule has 0 aromatic heterocycles. The van der Waals surface area contributed by atoms with E-state index >= 15 is 0 Å². The predicted octanol–water partition coefficient (Wildman–Crippen LogP) is 5.27. The van der Waals surface area contributed by atoms with E-state index in [4.69, 9.17) is 9.47 Å². The first-order valence-corrected chi connectivity index (χ1v) is 22.4. The van der Waals surface area contributed by atoms with Crippen molar-refractivity contribution >= 4 is 32.3 Å². The van der Waals surface area contributed by atoms with Crippen molar-refractivity contribution in [1.82, 2.24) is 0 Å². The number of methoxy groups -OCH3 is 2. The maximum absolute atomic E-state index is 6.02. The third-order valence-electron chi connectivity index (χ3n) is 4.88. The molecule has 0 saturated carbocycles. The molecule has 0 bridgehead atoms. The smallest absolute Gasteiger partial charge is 0.0772 e. The zero-order chi connectivity index (χ0) is 18.0. The van der Waals surface area contributed by atoms with Gasteiger partial charge in [0, 0.05) is 24.9 Å². The molecule has 2 atom stereocenters. The van der Waals surface area contributed by atoms with Gasteiger partial charge in [0.1, 0.15) is 0 Å². The van der Waals surface area contributed by atoms with E-state index in [0.717, 1.165) is 0 Å². The molecular weight excluding hydrogens is 337 g/mol. The molecule has 0 heterocycles. The van der Waals surface area contributed by atoms with E-state index in [2.05, 4.69) is 65.5 Å². The van der Waals surface area contributed by atoms with Crippen LogP contribution in [0.5, 0.6) is 0 Å². The van der Waals surface area contributed by atoms with Crippen molar-refractivity contribution in [2.24, 2.45) is 0 Å². The molecule has 0 aliphatic heterocycles. The highest BCUT2D eigenvalue weighted by atomic mass is 28.4. The molecule has 0 aliphatic rings. The highest BCUT2D eigenvalue weighted by Gasteiger charge is 2.45. The first kappa shape index (κ1) is 22.8. The minimum absolute atomic E-state index is 0.553. The van der Waals surface area contributed by atoms with Gasteiger partial charge in [0.25, 0.3) is 0 Å². The van der Waals surface area contributed by atoms with Crippen LogP contribution in [0.25, 0.3) is 0 Å². The Morgan fingerprint density at radius 3 is 0.909 bits per heavy atom. The van der Waals surface area contributed by atoms with Gasteiger partial charge in [-0.15, -0.1) is 0 Å². The van der Waals surface area contributed by atoms with E-state index in [0.29, 0.717) is 10.7 Å². The van der Waals surface area contributed by atoms with Crippen molar-refractivity contribution < 1.29 is 9.47 Å². The lowest BCUT2D eigenvalue weighted by Crippen LogP contribution is -2.60. The van der Waals surface area contributed by atoms with E-state index in [1.54, 1.807) is 0 Å². The minimum atomic E-state index is -1.36. The van der Waals surface area contributed by atoms with Gasteiger partial charge in [0.2, 0.25) is 0 Å². The van der Waals surface area contributed by atoms with Gasteiger partial charge in [0.05, 0.1) is 32.3 Å². The van der Waals surface area contributed by atoms with Gasteiger partial charge in [0.15, 0.2) is 0 Å². The van der Waals surface area contributed by atoms with Crippen LogP contribution < -0.4 is 0 Å². The maximum atomic E-state index is 6.02. The van der Waals surface area contributed by atoms with Crippen molar-refractivity contribution in [3.8, 4) is 0 Å². The molecule has 0 amide bonds. The number of ether oxygens (including phenoxy) is 2. The summed E-state index contributed by atoms with van der Waals surface area (Å²) < 4.78 is 12.0. The SMILES string of the molecule is COC([Si](C)(C)C)[Si](C)(C)CC[Si](C)(C)C(OC)[Si](C)(C)C. The molecule has 0 rings (SSSR count). The van der Waals surface area contributed by atoms with Crippen LogP contribution in [0.4, 0.5) is 0 Å². The quantitative estimate of drug-likeness (QED) is 0.509. The predicted molar refractivity (Wildman–Crippen MR) is 113 cm³/mol. The van der Waals surface area contributed by atoms with Gasteiger partial charge < -0.3 is 9.47 Å². The topological polar surface area (TPSA) is 18.5 Å². The first-order chi connectivity index (χ1) is 9.59. The maximum Gasteiger partial charge on any atom is 0.0772 e. The fraction of sp³-hybridized carbons (Fsp3) is 1.00. The molecule has 134 valence electrons. The lowest BCUT2D eigenvalue weighted by molar-refractivity contribution is 0.205. The Kier molecular flexibility index (Phi) is 8.06. The third kappa shape index (κ3) is 6.36. The Morgan fingerprint density at radius 2 is 0.773 bits per heavy atom. The van der Waals surface area contributed by atoms with E-state index in [1.807, 2.05) is 14.2 Å². The van der Waals surface area contributed by atoms with Crippen molar-refractivity contribution in [3.05, 3.63) is 0 Å². The second-order valence-electron chi connectivity index (χ2n) is 10.4. The summed E-state index contributed by atoms with van der Waals surface area (Å²) in [6.07, 6.45) is 0. The van der Waals surface area contributed by atoms with Crippen molar-refractivity contribution in [3.63, 3.8) is 0 Å². The van der Waals surface area contributed by atoms with Crippen LogP contribution in [-0.4, -0.2) is 57.2 Å². The average molecular weight is 379 g/mol. The summed E-state index contributed by atoms with van der Waals surface area (Å²) in [5.41, 5.74) is 0. The molecule has 0 radical (unpaired) electrons. The fourth-order valence-corrected chi connectivity index (χ4v) is 32.6. The number of hydrogen-bond donors (Lipinski definition) is 0. The zero-order valence-electron chi connectivity index (χ0n) is 17.4. The monoisotopic (exact) mass is 378 g/mol. The largest absolute Gasteiger partial charge is 0.388 e. The van der Waals surface area contributed by atoms with Crippen LogP contribution in [-0.2, 0) is 9.47 Å². The van der Waals surface area contributed by atoms with Gasteiger partial charge in [-0.05, 0) is 0 Å². The lowest BCUT2D eigenvalue weighted by atomic mass is 10.9. The zero-order valence-corrected chi connectivity index (χ0v) is 21.4. The number of rotatable bonds is 9. The minimum Gasteiger partial charge on any atom is -0.388 e. The van der Waals surface area contributed by atoms with Crippen LogP contribution in [0.1, 0.15) is 0 Å². The highest BCUT2D eigenvalue weighted by molar-refractivity contribution is 6.99. The van der Waals surface area contributed by atoms with Crippen LogP contribution in [0.3, 0.4) is 0 Å². The molecule has 0 saturated heterocycles. The Hall–Kier alpha value is 0.788. The fourth-order valence-electron chi connectivity index (χ4n) is 4.60. The van der Waals surface area contributed by atoms with Crippen LogP contribution in [0.15, 0.2) is 0 Å². The van der Waals surface area contributed by atoms with E-state index in [-0.39, 0.29) is 0 Å². The molecular formula is C16H42O2Si4. The van der Waals surface area contributed by atoms with Crippen molar-refractivity contribution in [1.29, 1.82) is 0 Å². The molecule has 0 aliphatic carbocycles. The summed E-state index contributed by atoms with van der Waals surface area (Å²) in [5.74, 6) is 0. The Labute approximate surface area is 144 Å². The summed E-state index contributed by atoms with van der Waals surface area (Å²) in [6.45, 7) is 24.9. The van der Waals surface area contributed by atoms with Gasteiger partial charge in [-0.3, -0.25) is 0 Å². The molecule has 0 spiro atoms. The Morgan fingerprint density at radius 1 is 0.545 bits per heavy atom. The molecule has 0 aromatic carbocycles. The van der Waals surface area contributed by atoms with Crippen LogP contribution >= 0.6 is 0 Å². The summed E-state index contributed by atoms with van der Waals surface area (Å²) in [6, 6.07) is 2.78. The Bertz CT molecular complexity index is 309. The lowest BCUT2D eigenvalue weighted by Gasteiger charge is -2.43. The third-order valence-corrected chi connectivity index (χ3v) is 25.3. The molecule has 0 aromatic rings. The summed E-state index contributed by atoms with van der Waals surface area (Å²) >= 11 is 0. The molecule has 0 N–H and O–H groups in total. The van der Waals surface area contributed by atoms with Crippen LogP contribution in [0, 0.1) is 0 Å². The average Bonchev–Trinajstić information content (AvgIpc) is 2.23. The van der Waals surface area contributed by atoms with Crippen molar-refractivity contribution in [2.75, 3.05) is 14.2 Å². The van der Waals surface area contributed by atoms with E-state index in [1.165, 1.54) is 12.1 Å². The second kappa shape index (κ2) is 7.78. The van der Waals surface area contributed by atoms with Gasteiger partial charge in [-0.1, -0.05) is 77.6 Å². The van der Waals surface area contributed by atoms with Crippen molar-refractivity contribution in [2.45, 2.75) is 88.3 Å². The van der Waals surface area contributed by atoms with Crippen LogP contribution in [0.2, 0.25) is 77.6 Å². The first-order valence-electron chi connectivity index (χ1n) is 8.65. The number of hydrogen-bond acceptors (Lipinski definition) is 2. The van der Waals surface area contributed by atoms with Gasteiger partial charge in [-0.25, -0.2) is 0 Å². The summed E-state index contributed by atoms with van der Waals surface area (Å²) in [7, 11) is -1.38. The molecule has 22 heavy (non-hydrogen) atoms. The van der Waals surface area contributed by atoms with E-state index in [9.17, 15) is 0 Å². The molecule has 2 unspecified atom stereocenters. The van der Waals surface area contributed by atoms with Gasteiger partial charge in [-0.2, -0.15) is 0 Å². The molecule has 6 heteroatoms. The summed E-state index contributed by atoms with van der Waals surface area (Å²) in [4.78, 5) is 0.